The van der Waals surface area contributed by atoms with Gasteiger partial charge in [-0.25, -0.2) is 22.3 Å². The molecule has 0 bridgehead atoms. The maximum Gasteiger partial charge on any atom is 0.412 e. The normalized spacial score (nSPS) is 17.2. The fourth-order valence-corrected chi connectivity index (χ4v) is 7.03. The summed E-state index contributed by atoms with van der Waals surface area (Å²) in [4.78, 5) is 36.4. The van der Waals surface area contributed by atoms with Crippen LogP contribution in [0.25, 0.3) is 6.08 Å². The maximum atomic E-state index is 13.1. The Balaban J connectivity index is 1.70. The van der Waals surface area contributed by atoms with Crippen molar-refractivity contribution in [2.45, 2.75) is 44.0 Å². The number of benzene rings is 2. The van der Waals surface area contributed by atoms with Gasteiger partial charge in [-0.3, -0.25) is 10.1 Å². The van der Waals surface area contributed by atoms with Gasteiger partial charge in [0.25, 0.3) is 0 Å². The zero-order valence-electron chi connectivity index (χ0n) is 21.8. The molecule has 0 saturated carbocycles. The number of carboxylic acids is 1. The second-order valence-corrected chi connectivity index (χ2v) is 18.7. The SMILES string of the molecule is C[Si](C)(C)CCOCN1C(=O)CC(c2ccc(/C=C(\NC(=O)OCc3ccccc3)C(=O)O)cc2Br)S1(=O)=O. The summed E-state index contributed by atoms with van der Waals surface area (Å²) >= 11 is 3.35. The molecule has 2 N–H and O–H groups in total. The van der Waals surface area contributed by atoms with Gasteiger partial charge in [0.15, 0.2) is 0 Å². The second kappa shape index (κ2) is 12.9. The predicted molar refractivity (Wildman–Crippen MR) is 152 cm³/mol. The number of halogens is 1. The van der Waals surface area contributed by atoms with Crippen LogP contribution in [0.15, 0.2) is 58.7 Å². The fourth-order valence-electron chi connectivity index (χ4n) is 3.68. The van der Waals surface area contributed by atoms with Crippen molar-refractivity contribution in [1.82, 2.24) is 9.62 Å². The molecule has 2 aromatic rings. The molecule has 0 aliphatic carbocycles. The number of rotatable bonds is 11. The smallest absolute Gasteiger partial charge is 0.412 e. The quantitative estimate of drug-likeness (QED) is 0.205. The summed E-state index contributed by atoms with van der Waals surface area (Å²) in [6, 6.07) is 14.3. The van der Waals surface area contributed by atoms with E-state index in [4.69, 9.17) is 9.47 Å². The molecule has 0 radical (unpaired) electrons. The molecule has 3 rings (SSSR count). The van der Waals surface area contributed by atoms with Crippen LogP contribution in [0.5, 0.6) is 0 Å². The Morgan fingerprint density at radius 2 is 1.87 bits per heavy atom. The molecule has 39 heavy (non-hydrogen) atoms. The van der Waals surface area contributed by atoms with Crippen LogP contribution in [0.3, 0.4) is 0 Å². The van der Waals surface area contributed by atoms with Crippen molar-refractivity contribution in [1.29, 1.82) is 0 Å². The van der Waals surface area contributed by atoms with Crippen molar-refractivity contribution < 1.29 is 37.4 Å². The van der Waals surface area contributed by atoms with Crippen molar-refractivity contribution in [2.75, 3.05) is 13.3 Å². The lowest BCUT2D eigenvalue weighted by Crippen LogP contribution is -2.33. The number of aliphatic carboxylic acids is 1. The van der Waals surface area contributed by atoms with Crippen molar-refractivity contribution in [3.8, 4) is 0 Å². The van der Waals surface area contributed by atoms with Gasteiger partial charge in [0.05, 0.1) is 6.42 Å². The van der Waals surface area contributed by atoms with Crippen molar-refractivity contribution in [3.05, 3.63) is 75.4 Å². The van der Waals surface area contributed by atoms with Gasteiger partial charge < -0.3 is 14.6 Å². The Kier molecular flexibility index (Phi) is 10.1. The lowest BCUT2D eigenvalue weighted by Gasteiger charge is -2.20. The lowest BCUT2D eigenvalue weighted by molar-refractivity contribution is -0.133. The molecule has 1 aliphatic heterocycles. The van der Waals surface area contributed by atoms with Crippen LogP contribution in [0.4, 0.5) is 4.79 Å². The minimum atomic E-state index is -4.01. The fraction of sp³-hybridized carbons (Fsp3) is 0.346. The van der Waals surface area contributed by atoms with Crippen LogP contribution < -0.4 is 5.32 Å². The predicted octanol–water partition coefficient (Wildman–Crippen LogP) is 4.72. The van der Waals surface area contributed by atoms with Gasteiger partial charge in [-0.05, 0) is 34.9 Å². The van der Waals surface area contributed by atoms with Crippen LogP contribution in [0.2, 0.25) is 25.7 Å². The van der Waals surface area contributed by atoms with Crippen LogP contribution in [0.1, 0.15) is 28.4 Å². The van der Waals surface area contributed by atoms with Crippen molar-refractivity contribution in [3.63, 3.8) is 0 Å². The number of carbonyl (C=O) groups excluding carboxylic acids is 2. The van der Waals surface area contributed by atoms with Crippen LogP contribution in [-0.2, 0) is 35.7 Å². The van der Waals surface area contributed by atoms with Gasteiger partial charge in [0.2, 0.25) is 15.9 Å². The third kappa shape index (κ3) is 8.49. The topological polar surface area (TPSA) is 139 Å². The minimum Gasteiger partial charge on any atom is -0.477 e. The number of nitrogens with zero attached hydrogens (tertiary/aromatic N) is 1. The van der Waals surface area contributed by atoms with Gasteiger partial charge >= 0.3 is 12.1 Å². The number of alkyl carbamates (subject to hydrolysis) is 1. The summed E-state index contributed by atoms with van der Waals surface area (Å²) in [5, 5.41) is 10.6. The molecule has 2 amide bonds. The third-order valence-corrected chi connectivity index (χ3v) is 10.3. The monoisotopic (exact) mass is 638 g/mol. The van der Waals surface area contributed by atoms with E-state index < -0.39 is 47.0 Å². The molecule has 1 fully saturated rings. The van der Waals surface area contributed by atoms with Gasteiger partial charge in [-0.15, -0.1) is 0 Å². The number of ether oxygens (including phenoxy) is 2. The third-order valence-electron chi connectivity index (χ3n) is 5.87. The maximum absolute atomic E-state index is 13.1. The summed E-state index contributed by atoms with van der Waals surface area (Å²) in [6.45, 7) is 6.54. The standard InChI is InChI=1S/C26H31BrN2O8SSi/c1-39(2,3)12-11-36-17-29-24(30)15-23(38(29,34)35)20-10-9-19(13-21(20)27)14-22(25(31)32)28-26(33)37-16-18-7-5-4-6-8-18/h4-10,13-14,23H,11-12,15-17H2,1-3H3,(H,28,33)(H,31,32)/b22-14-. The molecule has 210 valence electrons. The number of nitrogens with one attached hydrogen (secondary N) is 1. The summed E-state index contributed by atoms with van der Waals surface area (Å²) < 4.78 is 38.0. The largest absolute Gasteiger partial charge is 0.477 e. The van der Waals surface area contributed by atoms with Gasteiger partial charge in [-0.2, -0.15) is 0 Å². The minimum absolute atomic E-state index is 0.0330. The molecule has 1 atom stereocenters. The van der Waals surface area contributed by atoms with E-state index in [0.717, 1.165) is 15.9 Å². The zero-order chi connectivity index (χ0) is 28.8. The first-order valence-electron chi connectivity index (χ1n) is 12.1. The summed E-state index contributed by atoms with van der Waals surface area (Å²) in [7, 11) is -5.37. The van der Waals surface area contributed by atoms with E-state index in [1.54, 1.807) is 24.3 Å². The second-order valence-electron chi connectivity index (χ2n) is 10.2. The number of amides is 2. The zero-order valence-corrected chi connectivity index (χ0v) is 25.2. The van der Waals surface area contributed by atoms with Crippen LogP contribution in [0, 0.1) is 0 Å². The highest BCUT2D eigenvalue weighted by molar-refractivity contribution is 9.10. The molecule has 1 heterocycles. The number of carbonyl (C=O) groups is 3. The molecule has 1 saturated heterocycles. The average Bonchev–Trinajstić information content (AvgIpc) is 3.08. The number of sulfonamides is 1. The van der Waals surface area contributed by atoms with Gasteiger partial charge in [-0.1, -0.05) is 78.0 Å². The highest BCUT2D eigenvalue weighted by Gasteiger charge is 2.46. The van der Waals surface area contributed by atoms with E-state index in [1.807, 2.05) is 6.07 Å². The van der Waals surface area contributed by atoms with Crippen LogP contribution in [-0.4, -0.2) is 57.2 Å². The molecule has 1 unspecified atom stereocenters. The Hall–Kier alpha value is -3.00. The highest BCUT2D eigenvalue weighted by Crippen LogP contribution is 2.39. The Morgan fingerprint density at radius 3 is 2.49 bits per heavy atom. The molecule has 0 aromatic heterocycles. The molecular formula is C26H31BrN2O8SSi. The van der Waals surface area contributed by atoms with E-state index in [0.29, 0.717) is 22.2 Å². The highest BCUT2D eigenvalue weighted by atomic mass is 79.9. The van der Waals surface area contributed by atoms with E-state index >= 15 is 0 Å². The molecule has 1 aliphatic rings. The summed E-state index contributed by atoms with van der Waals surface area (Å²) in [6.07, 6.45) is 0.0435. The molecule has 0 spiro atoms. The molecule has 10 nitrogen and oxygen atoms in total. The first-order valence-corrected chi connectivity index (χ1v) is 18.1. The molecule has 13 heteroatoms. The lowest BCUT2D eigenvalue weighted by atomic mass is 10.1. The van der Waals surface area contributed by atoms with Gasteiger partial charge in [0, 0.05) is 19.2 Å². The summed E-state index contributed by atoms with van der Waals surface area (Å²) in [5.74, 6) is -1.93. The van der Waals surface area contributed by atoms with Crippen LogP contribution >= 0.6 is 15.9 Å². The van der Waals surface area contributed by atoms with E-state index in [2.05, 4.69) is 40.9 Å². The van der Waals surface area contributed by atoms with E-state index in [9.17, 15) is 27.9 Å². The number of hydrogen-bond donors (Lipinski definition) is 2. The van der Waals surface area contributed by atoms with Crippen molar-refractivity contribution in [2.24, 2.45) is 0 Å². The Bertz CT molecular complexity index is 1360. The number of carboxylic acid groups (broad SMARTS) is 1. The van der Waals surface area contributed by atoms with E-state index in [-0.39, 0.29) is 19.8 Å². The molecular weight excluding hydrogens is 608 g/mol. The Labute approximate surface area is 237 Å². The Morgan fingerprint density at radius 1 is 1.18 bits per heavy atom. The van der Waals surface area contributed by atoms with E-state index in [1.165, 1.54) is 24.3 Å². The molecule has 2 aromatic carbocycles. The first kappa shape index (κ1) is 30.5. The number of hydrogen-bond acceptors (Lipinski definition) is 7. The van der Waals surface area contributed by atoms with Gasteiger partial charge in [0.1, 0.15) is 24.3 Å². The van der Waals surface area contributed by atoms with Crippen molar-refractivity contribution >= 4 is 58.1 Å². The first-order chi connectivity index (χ1) is 18.3. The summed E-state index contributed by atoms with van der Waals surface area (Å²) in [5.41, 5.74) is 1.04. The average molecular weight is 640 g/mol.